The number of aryl methyl sites for hydroxylation is 1. The number of rotatable bonds is 7. The van der Waals surface area contributed by atoms with Crippen LogP contribution < -0.4 is 10.1 Å². The quantitative estimate of drug-likeness (QED) is 0.277. The third-order valence-electron chi connectivity index (χ3n) is 3.68. The van der Waals surface area contributed by atoms with Crippen molar-refractivity contribution in [1.82, 2.24) is 0 Å². The highest BCUT2D eigenvalue weighted by Gasteiger charge is 2.14. The van der Waals surface area contributed by atoms with Gasteiger partial charge < -0.3 is 15.2 Å². The minimum absolute atomic E-state index is 0.0308. The Hall–Kier alpha value is -2.13. The lowest BCUT2D eigenvalue weighted by molar-refractivity contribution is -0.139. The predicted octanol–water partition coefficient (Wildman–Crippen LogP) is 4.47. The summed E-state index contributed by atoms with van der Waals surface area (Å²) in [7, 11) is 0. The Morgan fingerprint density at radius 1 is 1.25 bits per heavy atom. The van der Waals surface area contributed by atoms with Gasteiger partial charge in [0, 0.05) is 5.69 Å². The van der Waals surface area contributed by atoms with Gasteiger partial charge in [-0.05, 0) is 87.0 Å². The molecule has 6 nitrogen and oxygen atoms in total. The number of para-hydroxylation sites is 1. The first-order valence-corrected chi connectivity index (χ1v) is 10.4. The molecule has 0 radical (unpaired) electrons. The molecule has 144 valence electrons. The van der Waals surface area contributed by atoms with Gasteiger partial charge in [0.05, 0.1) is 7.14 Å². The highest BCUT2D eigenvalue weighted by molar-refractivity contribution is 14.1. The van der Waals surface area contributed by atoms with E-state index in [4.69, 9.17) is 9.84 Å². The second kappa shape index (κ2) is 10.4. The van der Waals surface area contributed by atoms with Crippen molar-refractivity contribution in [2.45, 2.75) is 13.3 Å². The molecule has 28 heavy (non-hydrogen) atoms. The Balaban J connectivity index is 2.27. The van der Waals surface area contributed by atoms with Crippen LogP contribution in [0.4, 0.5) is 5.69 Å². The number of ether oxygens (including phenoxy) is 1. The number of hydrogen-bond acceptors (Lipinski definition) is 4. The number of hydrogen-bond donors (Lipinski definition) is 2. The maximum atomic E-state index is 12.5. The molecule has 0 heterocycles. The van der Waals surface area contributed by atoms with Crippen molar-refractivity contribution >= 4 is 68.8 Å². The van der Waals surface area contributed by atoms with Crippen LogP contribution in [0.5, 0.6) is 5.75 Å². The summed E-state index contributed by atoms with van der Waals surface area (Å²) >= 11 is 4.05. The number of carbonyl (C=O) groups excluding carboxylic acids is 1. The second-order valence-corrected chi connectivity index (χ2v) is 7.96. The number of nitriles is 1. The Morgan fingerprint density at radius 2 is 1.89 bits per heavy atom. The smallest absolute Gasteiger partial charge is 0.341 e. The summed E-state index contributed by atoms with van der Waals surface area (Å²) in [5.74, 6) is -1.09. The molecule has 0 atom stereocenters. The van der Waals surface area contributed by atoms with Crippen molar-refractivity contribution in [2.24, 2.45) is 0 Å². The van der Waals surface area contributed by atoms with Crippen LogP contribution in [-0.4, -0.2) is 23.6 Å². The van der Waals surface area contributed by atoms with Gasteiger partial charge in [0.2, 0.25) is 0 Å². The molecule has 0 fully saturated rings. The molecule has 2 aromatic carbocycles. The fraction of sp³-hybridized carbons (Fsp3) is 0.150. The molecule has 0 aliphatic rings. The van der Waals surface area contributed by atoms with E-state index >= 15 is 0 Å². The first-order chi connectivity index (χ1) is 13.3. The normalized spacial score (nSPS) is 10.9. The molecule has 2 rings (SSSR count). The standard InChI is InChI=1S/C20H16I2N2O4/c1-2-13-5-3-4-6-17(13)24-20(27)14(10-23)7-12-8-15(21)19(16(22)9-12)28-11-18(25)26/h3-9H,2,11H2,1H3,(H,24,27)(H,25,26)/b14-7-. The minimum atomic E-state index is -1.06. The van der Waals surface area contributed by atoms with Gasteiger partial charge >= 0.3 is 5.97 Å². The Kier molecular flexibility index (Phi) is 8.25. The van der Waals surface area contributed by atoms with E-state index < -0.39 is 18.5 Å². The second-order valence-electron chi connectivity index (χ2n) is 5.63. The van der Waals surface area contributed by atoms with Crippen molar-refractivity contribution in [3.63, 3.8) is 0 Å². The molecular formula is C20H16I2N2O4. The van der Waals surface area contributed by atoms with Crippen LogP contribution in [0.3, 0.4) is 0 Å². The molecule has 0 spiro atoms. The van der Waals surface area contributed by atoms with Crippen molar-refractivity contribution in [1.29, 1.82) is 5.26 Å². The molecule has 1 amide bonds. The van der Waals surface area contributed by atoms with Gasteiger partial charge in [0.25, 0.3) is 5.91 Å². The largest absolute Gasteiger partial charge is 0.480 e. The average Bonchev–Trinajstić information content (AvgIpc) is 2.65. The lowest BCUT2D eigenvalue weighted by atomic mass is 10.1. The van der Waals surface area contributed by atoms with Gasteiger partial charge in [-0.15, -0.1) is 0 Å². The maximum Gasteiger partial charge on any atom is 0.341 e. The van der Waals surface area contributed by atoms with Crippen LogP contribution in [0.2, 0.25) is 0 Å². The lowest BCUT2D eigenvalue weighted by Gasteiger charge is -2.11. The Bertz CT molecular complexity index is 957. The van der Waals surface area contributed by atoms with Crippen LogP contribution in [0.25, 0.3) is 6.08 Å². The topological polar surface area (TPSA) is 99.4 Å². The summed E-state index contributed by atoms with van der Waals surface area (Å²) in [5, 5.41) is 21.0. The zero-order valence-corrected chi connectivity index (χ0v) is 19.1. The van der Waals surface area contributed by atoms with Crippen LogP contribution in [-0.2, 0) is 16.0 Å². The summed E-state index contributed by atoms with van der Waals surface area (Å²) in [5.41, 5.74) is 2.28. The summed E-state index contributed by atoms with van der Waals surface area (Å²) in [6.07, 6.45) is 2.26. The summed E-state index contributed by atoms with van der Waals surface area (Å²) in [6.45, 7) is 1.55. The number of carboxylic acids is 1. The Labute approximate surface area is 189 Å². The molecule has 0 aromatic heterocycles. The number of carboxylic acid groups (broad SMARTS) is 1. The summed E-state index contributed by atoms with van der Waals surface area (Å²) in [4.78, 5) is 23.2. The molecule has 0 bridgehead atoms. The lowest BCUT2D eigenvalue weighted by Crippen LogP contribution is -2.14. The number of benzene rings is 2. The number of anilines is 1. The molecule has 2 aromatic rings. The summed E-state index contributed by atoms with van der Waals surface area (Å²) < 4.78 is 6.66. The molecular weight excluding hydrogens is 586 g/mol. The van der Waals surface area contributed by atoms with E-state index in [1.54, 1.807) is 18.2 Å². The zero-order valence-electron chi connectivity index (χ0n) is 14.8. The van der Waals surface area contributed by atoms with Gasteiger partial charge in [0.1, 0.15) is 17.4 Å². The highest BCUT2D eigenvalue weighted by Crippen LogP contribution is 2.30. The van der Waals surface area contributed by atoms with E-state index in [0.717, 1.165) is 12.0 Å². The third kappa shape index (κ3) is 5.93. The monoisotopic (exact) mass is 602 g/mol. The van der Waals surface area contributed by atoms with Gasteiger partial charge in [-0.2, -0.15) is 5.26 Å². The van der Waals surface area contributed by atoms with E-state index in [0.29, 0.717) is 24.1 Å². The Morgan fingerprint density at radius 3 is 2.46 bits per heavy atom. The predicted molar refractivity (Wildman–Crippen MR) is 123 cm³/mol. The number of aliphatic carboxylic acids is 1. The zero-order chi connectivity index (χ0) is 20.7. The number of carbonyl (C=O) groups is 2. The van der Waals surface area contributed by atoms with Crippen LogP contribution in [0.1, 0.15) is 18.1 Å². The molecule has 0 aliphatic carbocycles. The highest BCUT2D eigenvalue weighted by atomic mass is 127. The molecule has 2 N–H and O–H groups in total. The van der Waals surface area contributed by atoms with Gasteiger partial charge in [0.15, 0.2) is 6.61 Å². The van der Waals surface area contributed by atoms with E-state index in [9.17, 15) is 14.9 Å². The minimum Gasteiger partial charge on any atom is -0.480 e. The first kappa shape index (κ1) is 22.2. The van der Waals surface area contributed by atoms with E-state index in [1.165, 1.54) is 6.08 Å². The maximum absolute atomic E-state index is 12.5. The van der Waals surface area contributed by atoms with Gasteiger partial charge in [-0.25, -0.2) is 4.79 Å². The molecule has 0 unspecified atom stereocenters. The summed E-state index contributed by atoms with van der Waals surface area (Å²) in [6, 6.07) is 12.8. The number of halogens is 2. The number of amides is 1. The number of nitrogens with one attached hydrogen (secondary N) is 1. The average molecular weight is 602 g/mol. The van der Waals surface area contributed by atoms with Crippen LogP contribution in [0, 0.1) is 18.5 Å². The van der Waals surface area contributed by atoms with Gasteiger partial charge in [-0.3, -0.25) is 4.79 Å². The van der Waals surface area contributed by atoms with Crippen LogP contribution in [0.15, 0.2) is 42.0 Å². The van der Waals surface area contributed by atoms with Crippen molar-refractivity contribution in [2.75, 3.05) is 11.9 Å². The fourth-order valence-electron chi connectivity index (χ4n) is 2.39. The van der Waals surface area contributed by atoms with Crippen LogP contribution >= 0.6 is 45.2 Å². The first-order valence-electron chi connectivity index (χ1n) is 8.20. The molecule has 0 saturated heterocycles. The van der Waals surface area contributed by atoms with E-state index in [2.05, 4.69) is 5.32 Å². The SMILES string of the molecule is CCc1ccccc1NC(=O)/C(C#N)=C\c1cc(I)c(OCC(=O)O)c(I)c1. The molecule has 0 saturated carbocycles. The van der Waals surface area contributed by atoms with Gasteiger partial charge in [-0.1, -0.05) is 25.1 Å². The van der Waals surface area contributed by atoms with Crippen molar-refractivity contribution < 1.29 is 19.4 Å². The van der Waals surface area contributed by atoms with E-state index in [1.807, 2.05) is 76.4 Å². The van der Waals surface area contributed by atoms with Crippen molar-refractivity contribution in [3.05, 3.63) is 60.2 Å². The van der Waals surface area contributed by atoms with Crippen molar-refractivity contribution in [3.8, 4) is 11.8 Å². The fourth-order valence-corrected chi connectivity index (χ4v) is 4.52. The molecule has 0 aliphatic heterocycles. The van der Waals surface area contributed by atoms with E-state index in [-0.39, 0.29) is 5.57 Å². The third-order valence-corrected chi connectivity index (χ3v) is 5.29. The number of nitrogens with zero attached hydrogens (tertiary/aromatic N) is 1. The molecule has 8 heteroatoms.